The molecule has 0 aliphatic rings. The first-order valence-corrected chi connectivity index (χ1v) is 5.43. The number of aldehydes is 1. The molecular weight excluding hydrogens is 254 g/mol. The number of rotatable bonds is 3. The lowest BCUT2D eigenvalue weighted by Crippen LogP contribution is -1.96. The Kier molecular flexibility index (Phi) is 3.02. The van der Waals surface area contributed by atoms with Gasteiger partial charge in [-0.15, -0.1) is 0 Å². The third-order valence-corrected chi connectivity index (χ3v) is 2.99. The summed E-state index contributed by atoms with van der Waals surface area (Å²) in [6.45, 7) is 0.773. The van der Waals surface area contributed by atoms with Crippen molar-refractivity contribution in [1.29, 1.82) is 0 Å². The molecule has 0 saturated carbocycles. The van der Waals surface area contributed by atoms with Gasteiger partial charge in [0.15, 0.2) is 6.29 Å². The molecule has 0 aliphatic heterocycles. The number of hydrogen-bond acceptors (Lipinski definition) is 1. The van der Waals surface area contributed by atoms with Crippen molar-refractivity contribution in [2.24, 2.45) is 0 Å². The minimum Gasteiger partial charge on any atom is -0.349 e. The van der Waals surface area contributed by atoms with Crippen LogP contribution in [0.25, 0.3) is 0 Å². The van der Waals surface area contributed by atoms with Gasteiger partial charge >= 0.3 is 0 Å². The third kappa shape index (κ3) is 2.36. The number of hydrogen-bond donors (Lipinski definition) is 0. The molecule has 3 heteroatoms. The zero-order valence-electron chi connectivity index (χ0n) is 8.06. The molecule has 0 saturated heterocycles. The summed E-state index contributed by atoms with van der Waals surface area (Å²) < 4.78 is 3.08. The Hall–Kier alpha value is -1.35. The first-order valence-electron chi connectivity index (χ1n) is 4.64. The lowest BCUT2D eigenvalue weighted by atomic mass is 10.2. The fourth-order valence-electron chi connectivity index (χ4n) is 1.45. The number of carbonyl (C=O) groups excluding carboxylic acids is 1. The first kappa shape index (κ1) is 10.2. The standard InChI is InChI=1S/C12H10BrNO/c13-12-4-2-1-3-11(12)8-14-6-5-10(7-14)9-15/h1-7,9H,8H2. The van der Waals surface area contributed by atoms with E-state index in [4.69, 9.17) is 0 Å². The van der Waals surface area contributed by atoms with Gasteiger partial charge in [-0.1, -0.05) is 34.1 Å². The van der Waals surface area contributed by atoms with Crippen LogP contribution in [-0.2, 0) is 6.54 Å². The maximum Gasteiger partial charge on any atom is 0.151 e. The predicted octanol–water partition coefficient (Wildman–Crippen LogP) is 3.11. The monoisotopic (exact) mass is 263 g/mol. The summed E-state index contributed by atoms with van der Waals surface area (Å²) in [5, 5.41) is 0. The maximum atomic E-state index is 10.5. The predicted molar refractivity (Wildman–Crippen MR) is 63.1 cm³/mol. The van der Waals surface area contributed by atoms with Gasteiger partial charge < -0.3 is 4.57 Å². The van der Waals surface area contributed by atoms with E-state index in [-0.39, 0.29) is 0 Å². The van der Waals surface area contributed by atoms with Gasteiger partial charge in [0.2, 0.25) is 0 Å². The maximum absolute atomic E-state index is 10.5. The van der Waals surface area contributed by atoms with E-state index >= 15 is 0 Å². The Labute approximate surface area is 96.7 Å². The number of halogens is 1. The van der Waals surface area contributed by atoms with Crippen molar-refractivity contribution in [3.05, 3.63) is 58.3 Å². The van der Waals surface area contributed by atoms with E-state index in [1.807, 2.05) is 41.2 Å². The molecule has 0 spiro atoms. The topological polar surface area (TPSA) is 22.0 Å². The Balaban J connectivity index is 2.22. The highest BCUT2D eigenvalue weighted by atomic mass is 79.9. The average Bonchev–Trinajstić information content (AvgIpc) is 2.69. The Bertz CT molecular complexity index is 476. The molecule has 2 rings (SSSR count). The molecule has 1 aromatic carbocycles. The van der Waals surface area contributed by atoms with Gasteiger partial charge in [0.25, 0.3) is 0 Å². The van der Waals surface area contributed by atoms with Crippen LogP contribution < -0.4 is 0 Å². The van der Waals surface area contributed by atoms with Crippen LogP contribution in [-0.4, -0.2) is 10.9 Å². The zero-order chi connectivity index (χ0) is 10.7. The normalized spacial score (nSPS) is 10.2. The number of aromatic nitrogens is 1. The molecule has 15 heavy (non-hydrogen) atoms. The quantitative estimate of drug-likeness (QED) is 0.781. The second-order valence-electron chi connectivity index (χ2n) is 3.33. The van der Waals surface area contributed by atoms with E-state index in [2.05, 4.69) is 22.0 Å². The summed E-state index contributed by atoms with van der Waals surface area (Å²) >= 11 is 3.49. The highest BCUT2D eigenvalue weighted by Gasteiger charge is 2.00. The summed E-state index contributed by atoms with van der Waals surface area (Å²) in [4.78, 5) is 10.5. The van der Waals surface area contributed by atoms with E-state index < -0.39 is 0 Å². The second-order valence-corrected chi connectivity index (χ2v) is 4.18. The minimum absolute atomic E-state index is 0.710. The van der Waals surface area contributed by atoms with Gasteiger partial charge in [0.05, 0.1) is 0 Å². The van der Waals surface area contributed by atoms with Crippen LogP contribution in [0.1, 0.15) is 15.9 Å². The number of benzene rings is 1. The third-order valence-electron chi connectivity index (χ3n) is 2.22. The van der Waals surface area contributed by atoms with Crippen molar-refractivity contribution in [3.8, 4) is 0 Å². The zero-order valence-corrected chi connectivity index (χ0v) is 9.65. The fraction of sp³-hybridized carbons (Fsp3) is 0.0833. The molecule has 2 aromatic rings. The fourth-order valence-corrected chi connectivity index (χ4v) is 1.86. The molecule has 0 fully saturated rings. The average molecular weight is 264 g/mol. The van der Waals surface area contributed by atoms with Crippen LogP contribution in [0.5, 0.6) is 0 Å². The Morgan fingerprint density at radius 1 is 1.27 bits per heavy atom. The summed E-state index contributed by atoms with van der Waals surface area (Å²) in [5.74, 6) is 0. The van der Waals surface area contributed by atoms with E-state index in [9.17, 15) is 4.79 Å². The molecule has 0 unspecified atom stereocenters. The molecule has 2 nitrogen and oxygen atoms in total. The van der Waals surface area contributed by atoms with E-state index in [0.717, 1.165) is 17.3 Å². The summed E-state index contributed by atoms with van der Waals surface area (Å²) in [6, 6.07) is 9.87. The summed E-state index contributed by atoms with van der Waals surface area (Å²) in [7, 11) is 0. The molecule has 0 radical (unpaired) electrons. The van der Waals surface area contributed by atoms with Crippen molar-refractivity contribution in [2.45, 2.75) is 6.54 Å². The second kappa shape index (κ2) is 4.45. The molecule has 0 N–H and O–H groups in total. The number of carbonyl (C=O) groups is 1. The van der Waals surface area contributed by atoms with Crippen molar-refractivity contribution in [1.82, 2.24) is 4.57 Å². The van der Waals surface area contributed by atoms with Crippen molar-refractivity contribution in [2.75, 3.05) is 0 Å². The van der Waals surface area contributed by atoms with Gasteiger partial charge in [-0.05, 0) is 17.7 Å². The van der Waals surface area contributed by atoms with Gasteiger partial charge in [-0.25, -0.2) is 0 Å². The van der Waals surface area contributed by atoms with E-state index in [0.29, 0.717) is 5.56 Å². The first-order chi connectivity index (χ1) is 7.29. The Morgan fingerprint density at radius 2 is 2.07 bits per heavy atom. The van der Waals surface area contributed by atoms with Crippen LogP contribution in [0, 0.1) is 0 Å². The van der Waals surface area contributed by atoms with Gasteiger partial charge in [-0.3, -0.25) is 4.79 Å². The van der Waals surface area contributed by atoms with Crippen LogP contribution in [0.2, 0.25) is 0 Å². The van der Waals surface area contributed by atoms with Crippen LogP contribution in [0.3, 0.4) is 0 Å². The van der Waals surface area contributed by atoms with E-state index in [1.165, 1.54) is 5.56 Å². The van der Waals surface area contributed by atoms with Gasteiger partial charge in [-0.2, -0.15) is 0 Å². The highest BCUT2D eigenvalue weighted by Crippen LogP contribution is 2.17. The lowest BCUT2D eigenvalue weighted by molar-refractivity contribution is 0.112. The van der Waals surface area contributed by atoms with Crippen LogP contribution in [0.4, 0.5) is 0 Å². The molecule has 76 valence electrons. The van der Waals surface area contributed by atoms with Crippen LogP contribution in [0.15, 0.2) is 47.2 Å². The molecule has 0 atom stereocenters. The Morgan fingerprint density at radius 3 is 2.73 bits per heavy atom. The smallest absolute Gasteiger partial charge is 0.151 e. The lowest BCUT2D eigenvalue weighted by Gasteiger charge is -2.04. The largest absolute Gasteiger partial charge is 0.349 e. The molecule has 0 bridgehead atoms. The van der Waals surface area contributed by atoms with Crippen molar-refractivity contribution < 1.29 is 4.79 Å². The molecule has 1 heterocycles. The minimum atomic E-state index is 0.710. The van der Waals surface area contributed by atoms with Gasteiger partial charge in [0, 0.05) is 29.0 Å². The molecule has 1 aromatic heterocycles. The SMILES string of the molecule is O=Cc1ccn(Cc2ccccc2Br)c1. The molecule has 0 aliphatic carbocycles. The summed E-state index contributed by atoms with van der Waals surface area (Å²) in [6.07, 6.45) is 4.60. The van der Waals surface area contributed by atoms with Gasteiger partial charge in [0.1, 0.15) is 0 Å². The number of nitrogens with zero attached hydrogens (tertiary/aromatic N) is 1. The highest BCUT2D eigenvalue weighted by molar-refractivity contribution is 9.10. The van der Waals surface area contributed by atoms with Crippen molar-refractivity contribution in [3.63, 3.8) is 0 Å². The molecule has 0 amide bonds. The van der Waals surface area contributed by atoms with E-state index in [1.54, 1.807) is 0 Å². The van der Waals surface area contributed by atoms with Crippen molar-refractivity contribution >= 4 is 22.2 Å². The molecular formula is C12H10BrNO. The van der Waals surface area contributed by atoms with Crippen LogP contribution >= 0.6 is 15.9 Å². The summed E-state index contributed by atoms with van der Waals surface area (Å²) in [5.41, 5.74) is 1.91.